The first kappa shape index (κ1) is 13.5. The van der Waals surface area contributed by atoms with E-state index in [1.807, 2.05) is 12.1 Å². The third-order valence-electron chi connectivity index (χ3n) is 2.74. The van der Waals surface area contributed by atoms with Crippen molar-refractivity contribution in [2.75, 3.05) is 0 Å². The first-order chi connectivity index (χ1) is 9.59. The van der Waals surface area contributed by atoms with E-state index in [0.29, 0.717) is 5.39 Å². The lowest BCUT2D eigenvalue weighted by Gasteiger charge is -2.01. The van der Waals surface area contributed by atoms with Crippen molar-refractivity contribution in [2.45, 2.75) is 0 Å². The van der Waals surface area contributed by atoms with Gasteiger partial charge in [0.05, 0.1) is 5.39 Å². The van der Waals surface area contributed by atoms with Crippen LogP contribution in [0.1, 0.15) is 0 Å². The average molecular weight is 270 g/mol. The SMILES string of the molecule is Oc1cccc2cccc(O)c12.Oc1ccccc1O. The molecule has 4 nitrogen and oxygen atoms in total. The number of rotatable bonds is 0. The predicted molar refractivity (Wildman–Crippen MR) is 77.0 cm³/mol. The van der Waals surface area contributed by atoms with E-state index in [0.717, 1.165) is 5.39 Å². The minimum atomic E-state index is -0.0764. The molecule has 0 aliphatic carbocycles. The van der Waals surface area contributed by atoms with E-state index < -0.39 is 0 Å². The predicted octanol–water partition coefficient (Wildman–Crippen LogP) is 3.35. The van der Waals surface area contributed by atoms with Crippen molar-refractivity contribution in [3.63, 3.8) is 0 Å². The minimum absolute atomic E-state index is 0.0764. The molecule has 0 radical (unpaired) electrons. The first-order valence-corrected chi connectivity index (χ1v) is 5.96. The smallest absolute Gasteiger partial charge is 0.157 e. The lowest BCUT2D eigenvalue weighted by Crippen LogP contribution is -1.73. The number of hydrogen-bond donors (Lipinski definition) is 4. The summed E-state index contributed by atoms with van der Waals surface area (Å²) in [5.41, 5.74) is 0. The lowest BCUT2D eigenvalue weighted by atomic mass is 10.1. The van der Waals surface area contributed by atoms with Crippen LogP contribution in [-0.2, 0) is 0 Å². The maximum Gasteiger partial charge on any atom is 0.157 e. The summed E-state index contributed by atoms with van der Waals surface area (Å²) in [6, 6.07) is 16.4. The highest BCUT2D eigenvalue weighted by Crippen LogP contribution is 2.31. The number of phenols is 4. The number of fused-ring (bicyclic) bond motifs is 1. The van der Waals surface area contributed by atoms with Crippen molar-refractivity contribution >= 4 is 10.8 Å². The van der Waals surface area contributed by atoms with Gasteiger partial charge in [0.2, 0.25) is 0 Å². The maximum atomic E-state index is 9.39. The number of hydrogen-bond acceptors (Lipinski definition) is 4. The zero-order valence-corrected chi connectivity index (χ0v) is 10.6. The summed E-state index contributed by atoms with van der Waals surface area (Å²) < 4.78 is 0. The van der Waals surface area contributed by atoms with E-state index in [4.69, 9.17) is 10.2 Å². The fourth-order valence-corrected chi connectivity index (χ4v) is 1.77. The molecule has 0 fully saturated rings. The molecule has 3 rings (SSSR count). The quantitative estimate of drug-likeness (QED) is 0.472. The highest BCUT2D eigenvalue weighted by Gasteiger charge is 2.02. The second kappa shape index (κ2) is 5.84. The van der Waals surface area contributed by atoms with Crippen LogP contribution >= 0.6 is 0 Å². The molecule has 0 heterocycles. The molecule has 4 N–H and O–H groups in total. The molecule has 0 aliphatic rings. The summed E-state index contributed by atoms with van der Waals surface area (Å²) in [5, 5.41) is 37.5. The fraction of sp³-hybridized carbons (Fsp3) is 0. The zero-order valence-electron chi connectivity index (χ0n) is 10.6. The second-order valence-electron chi connectivity index (χ2n) is 4.14. The molecule has 102 valence electrons. The Balaban J connectivity index is 0.000000160. The molecule has 4 heteroatoms. The summed E-state index contributed by atoms with van der Waals surface area (Å²) in [6.45, 7) is 0. The highest BCUT2D eigenvalue weighted by atomic mass is 16.3. The molecule has 0 unspecified atom stereocenters. The van der Waals surface area contributed by atoms with Crippen molar-refractivity contribution in [3.8, 4) is 23.0 Å². The van der Waals surface area contributed by atoms with Crippen molar-refractivity contribution < 1.29 is 20.4 Å². The molecule has 0 amide bonds. The van der Waals surface area contributed by atoms with Gasteiger partial charge in [-0.1, -0.05) is 36.4 Å². The largest absolute Gasteiger partial charge is 0.507 e. The van der Waals surface area contributed by atoms with E-state index in [9.17, 15) is 10.2 Å². The van der Waals surface area contributed by atoms with Gasteiger partial charge >= 0.3 is 0 Å². The summed E-state index contributed by atoms with van der Waals surface area (Å²) in [7, 11) is 0. The van der Waals surface area contributed by atoms with Gasteiger partial charge in [-0.25, -0.2) is 0 Å². The molecule has 3 aromatic carbocycles. The molecular weight excluding hydrogens is 256 g/mol. The third-order valence-corrected chi connectivity index (χ3v) is 2.74. The van der Waals surface area contributed by atoms with Gasteiger partial charge in [0.1, 0.15) is 11.5 Å². The van der Waals surface area contributed by atoms with Gasteiger partial charge in [-0.3, -0.25) is 0 Å². The molecule has 0 saturated carbocycles. The van der Waals surface area contributed by atoms with Crippen LogP contribution < -0.4 is 0 Å². The molecule has 0 aliphatic heterocycles. The van der Waals surface area contributed by atoms with Crippen LogP contribution in [0.4, 0.5) is 0 Å². The van der Waals surface area contributed by atoms with Gasteiger partial charge in [0.25, 0.3) is 0 Å². The maximum absolute atomic E-state index is 9.39. The van der Waals surface area contributed by atoms with Crippen LogP contribution in [0.15, 0.2) is 60.7 Å². The molecule has 20 heavy (non-hydrogen) atoms. The second-order valence-corrected chi connectivity index (χ2v) is 4.14. The fourth-order valence-electron chi connectivity index (χ4n) is 1.77. The molecule has 0 spiro atoms. The molecule has 0 bridgehead atoms. The molecular formula is C16H14O4. The normalized spacial score (nSPS) is 9.80. The van der Waals surface area contributed by atoms with E-state index in [-0.39, 0.29) is 23.0 Å². The Morgan fingerprint density at radius 3 is 1.20 bits per heavy atom. The molecule has 0 aromatic heterocycles. The van der Waals surface area contributed by atoms with Gasteiger partial charge in [-0.15, -0.1) is 0 Å². The van der Waals surface area contributed by atoms with Crippen molar-refractivity contribution in [3.05, 3.63) is 60.7 Å². The summed E-state index contributed by atoms with van der Waals surface area (Å²) in [5.74, 6) is 0.0798. The van der Waals surface area contributed by atoms with Gasteiger partial charge in [0, 0.05) is 0 Å². The monoisotopic (exact) mass is 270 g/mol. The van der Waals surface area contributed by atoms with E-state index in [2.05, 4.69) is 0 Å². The van der Waals surface area contributed by atoms with Gasteiger partial charge < -0.3 is 20.4 Å². The molecule has 3 aromatic rings. The van der Waals surface area contributed by atoms with Crippen molar-refractivity contribution in [2.24, 2.45) is 0 Å². The lowest BCUT2D eigenvalue weighted by molar-refractivity contribution is 0.404. The van der Waals surface area contributed by atoms with Crippen molar-refractivity contribution in [1.82, 2.24) is 0 Å². The van der Waals surface area contributed by atoms with E-state index in [1.54, 1.807) is 36.4 Å². The van der Waals surface area contributed by atoms with E-state index >= 15 is 0 Å². The molecule has 0 saturated heterocycles. The Labute approximate surface area is 115 Å². The highest BCUT2D eigenvalue weighted by molar-refractivity contribution is 5.93. The van der Waals surface area contributed by atoms with Crippen molar-refractivity contribution in [1.29, 1.82) is 0 Å². The number of para-hydroxylation sites is 2. The topological polar surface area (TPSA) is 80.9 Å². The third kappa shape index (κ3) is 2.92. The Hall–Kier alpha value is -2.88. The minimum Gasteiger partial charge on any atom is -0.507 e. The average Bonchev–Trinajstić information content (AvgIpc) is 2.43. The van der Waals surface area contributed by atoms with E-state index in [1.165, 1.54) is 12.1 Å². The standard InChI is InChI=1S/C10H8O2.C6H6O2/c11-8-5-1-3-7-4-2-6-9(12)10(7)8;7-5-3-1-2-4-6(5)8/h1-6,11-12H;1-4,7-8H. The van der Waals surface area contributed by atoms with Crippen LogP contribution in [0.25, 0.3) is 10.8 Å². The van der Waals surface area contributed by atoms with Gasteiger partial charge in [-0.2, -0.15) is 0 Å². The summed E-state index contributed by atoms with van der Waals surface area (Å²) >= 11 is 0. The Kier molecular flexibility index (Phi) is 3.96. The Morgan fingerprint density at radius 2 is 0.850 bits per heavy atom. The summed E-state index contributed by atoms with van der Waals surface area (Å²) in [4.78, 5) is 0. The first-order valence-electron chi connectivity index (χ1n) is 5.96. The van der Waals surface area contributed by atoms with Crippen LogP contribution in [0, 0.1) is 0 Å². The van der Waals surface area contributed by atoms with Crippen LogP contribution in [0.5, 0.6) is 23.0 Å². The van der Waals surface area contributed by atoms with Crippen LogP contribution in [-0.4, -0.2) is 20.4 Å². The Morgan fingerprint density at radius 1 is 0.450 bits per heavy atom. The summed E-state index contributed by atoms with van der Waals surface area (Å²) in [6.07, 6.45) is 0. The zero-order chi connectivity index (χ0) is 14.5. The number of phenolic OH excluding ortho intramolecular Hbond substituents is 4. The van der Waals surface area contributed by atoms with Gasteiger partial charge in [0.15, 0.2) is 11.5 Å². The Bertz CT molecular complexity index is 665. The van der Waals surface area contributed by atoms with Crippen LogP contribution in [0.3, 0.4) is 0 Å². The van der Waals surface area contributed by atoms with Gasteiger partial charge in [-0.05, 0) is 29.7 Å². The molecule has 0 atom stereocenters. The number of aromatic hydroxyl groups is 4. The van der Waals surface area contributed by atoms with Crippen LogP contribution in [0.2, 0.25) is 0 Å². The number of benzene rings is 3.